The normalized spacial score (nSPS) is 10.4. The summed E-state index contributed by atoms with van der Waals surface area (Å²) in [5.74, 6) is 0. The van der Waals surface area contributed by atoms with E-state index in [1.54, 1.807) is 0 Å². The molecule has 1 aromatic carbocycles. The molecule has 0 atom stereocenters. The fourth-order valence-electron chi connectivity index (χ4n) is 1.66. The second kappa shape index (κ2) is 4.10. The van der Waals surface area contributed by atoms with Crippen molar-refractivity contribution in [3.8, 4) is 11.3 Å². The molecule has 0 aliphatic heterocycles. The molecule has 2 N–H and O–H groups in total. The number of rotatable bonds is 1. The molecule has 3 nitrogen and oxygen atoms in total. The number of anilines is 1. The maximum atomic E-state index is 5.84. The summed E-state index contributed by atoms with van der Waals surface area (Å²) < 4.78 is 0. The van der Waals surface area contributed by atoms with Crippen LogP contribution < -0.4 is 5.73 Å². The number of nitrogens with zero attached hydrogens (tertiary/aromatic N) is 2. The Hall–Kier alpha value is -1.61. The standard InChI is InChI=1S/C12H12ClN3/c1-7-3-4-9(8(2)5-7)11-10(14)6-15-12(13)16-11/h3-6H,14H2,1-2H3. The van der Waals surface area contributed by atoms with E-state index in [9.17, 15) is 0 Å². The van der Waals surface area contributed by atoms with E-state index in [0.717, 1.165) is 11.1 Å². The number of nitrogens with two attached hydrogens (primary N) is 1. The fourth-order valence-corrected chi connectivity index (χ4v) is 1.80. The van der Waals surface area contributed by atoms with Crippen LogP contribution in [0.15, 0.2) is 24.4 Å². The highest BCUT2D eigenvalue weighted by atomic mass is 35.5. The summed E-state index contributed by atoms with van der Waals surface area (Å²) in [5.41, 5.74) is 10.4. The van der Waals surface area contributed by atoms with E-state index in [0.29, 0.717) is 11.4 Å². The molecule has 0 spiro atoms. The smallest absolute Gasteiger partial charge is 0.223 e. The molecule has 1 heterocycles. The van der Waals surface area contributed by atoms with E-state index >= 15 is 0 Å². The van der Waals surface area contributed by atoms with Crippen molar-refractivity contribution in [2.45, 2.75) is 13.8 Å². The highest BCUT2D eigenvalue weighted by molar-refractivity contribution is 6.28. The number of nitrogen functional groups attached to an aromatic ring is 1. The Morgan fingerprint density at radius 2 is 2.00 bits per heavy atom. The van der Waals surface area contributed by atoms with Crippen molar-refractivity contribution in [1.29, 1.82) is 0 Å². The maximum Gasteiger partial charge on any atom is 0.223 e. The lowest BCUT2D eigenvalue weighted by Gasteiger charge is -2.08. The van der Waals surface area contributed by atoms with Crippen LogP contribution in [0.4, 0.5) is 5.69 Å². The van der Waals surface area contributed by atoms with Gasteiger partial charge < -0.3 is 5.73 Å². The lowest BCUT2D eigenvalue weighted by Crippen LogP contribution is -1.97. The van der Waals surface area contributed by atoms with Gasteiger partial charge in [0.25, 0.3) is 0 Å². The van der Waals surface area contributed by atoms with Gasteiger partial charge in [-0.2, -0.15) is 0 Å². The summed E-state index contributed by atoms with van der Waals surface area (Å²) >= 11 is 5.77. The first-order valence-electron chi connectivity index (χ1n) is 4.93. The van der Waals surface area contributed by atoms with Crippen LogP contribution in [0.5, 0.6) is 0 Å². The summed E-state index contributed by atoms with van der Waals surface area (Å²) in [4.78, 5) is 8.00. The van der Waals surface area contributed by atoms with Crippen LogP contribution in [0.1, 0.15) is 11.1 Å². The Morgan fingerprint density at radius 1 is 1.25 bits per heavy atom. The molecule has 0 aliphatic rings. The third-order valence-corrected chi connectivity index (χ3v) is 2.61. The fraction of sp³-hybridized carbons (Fsp3) is 0.167. The number of halogens is 1. The van der Waals surface area contributed by atoms with Gasteiger partial charge in [-0.05, 0) is 31.0 Å². The van der Waals surface area contributed by atoms with Crippen molar-refractivity contribution in [1.82, 2.24) is 9.97 Å². The molecule has 0 radical (unpaired) electrons. The zero-order chi connectivity index (χ0) is 11.7. The van der Waals surface area contributed by atoms with Gasteiger partial charge in [0, 0.05) is 5.56 Å². The molecule has 0 saturated heterocycles. The lowest BCUT2D eigenvalue weighted by molar-refractivity contribution is 1.17. The molecule has 0 fully saturated rings. The molecule has 0 bridgehead atoms. The van der Waals surface area contributed by atoms with Gasteiger partial charge in [0.1, 0.15) is 0 Å². The Kier molecular flexibility index (Phi) is 2.79. The van der Waals surface area contributed by atoms with Crippen LogP contribution in [0, 0.1) is 13.8 Å². The number of benzene rings is 1. The predicted octanol–water partition coefficient (Wildman–Crippen LogP) is 3.00. The summed E-state index contributed by atoms with van der Waals surface area (Å²) in [6.45, 7) is 4.07. The lowest BCUT2D eigenvalue weighted by atomic mass is 10.0. The molecule has 4 heteroatoms. The second-order valence-corrected chi connectivity index (χ2v) is 4.10. The molecule has 82 valence electrons. The Morgan fingerprint density at radius 3 is 2.69 bits per heavy atom. The minimum atomic E-state index is 0.212. The molecule has 2 rings (SSSR count). The molecular formula is C12H12ClN3. The number of aryl methyl sites for hydroxylation is 2. The van der Waals surface area contributed by atoms with Crippen LogP contribution in [0.2, 0.25) is 5.28 Å². The first-order chi connectivity index (χ1) is 7.58. The van der Waals surface area contributed by atoms with Gasteiger partial charge in [-0.3, -0.25) is 0 Å². The van der Waals surface area contributed by atoms with Gasteiger partial charge in [-0.25, -0.2) is 9.97 Å². The van der Waals surface area contributed by atoms with Crippen molar-refractivity contribution in [2.75, 3.05) is 5.73 Å². The zero-order valence-electron chi connectivity index (χ0n) is 9.16. The number of hydrogen-bond acceptors (Lipinski definition) is 3. The molecule has 0 aliphatic carbocycles. The number of aromatic nitrogens is 2. The largest absolute Gasteiger partial charge is 0.396 e. The average molecular weight is 234 g/mol. The Bertz CT molecular complexity index is 538. The third-order valence-electron chi connectivity index (χ3n) is 2.42. The molecule has 16 heavy (non-hydrogen) atoms. The zero-order valence-corrected chi connectivity index (χ0v) is 9.92. The van der Waals surface area contributed by atoms with Gasteiger partial charge in [0.2, 0.25) is 5.28 Å². The quantitative estimate of drug-likeness (QED) is 0.771. The molecule has 1 aromatic heterocycles. The number of hydrogen-bond donors (Lipinski definition) is 1. The van der Waals surface area contributed by atoms with Crippen LogP contribution in [0.3, 0.4) is 0 Å². The van der Waals surface area contributed by atoms with Gasteiger partial charge in [-0.15, -0.1) is 0 Å². The topological polar surface area (TPSA) is 51.8 Å². The Labute approximate surface area is 99.3 Å². The van der Waals surface area contributed by atoms with Crippen molar-refractivity contribution < 1.29 is 0 Å². The van der Waals surface area contributed by atoms with E-state index in [1.165, 1.54) is 11.8 Å². The van der Waals surface area contributed by atoms with E-state index in [4.69, 9.17) is 17.3 Å². The molecule has 0 unspecified atom stereocenters. The van der Waals surface area contributed by atoms with Crippen LogP contribution in [-0.4, -0.2) is 9.97 Å². The van der Waals surface area contributed by atoms with Crippen molar-refractivity contribution in [3.63, 3.8) is 0 Å². The van der Waals surface area contributed by atoms with E-state index in [2.05, 4.69) is 16.0 Å². The summed E-state index contributed by atoms with van der Waals surface area (Å²) in [6.07, 6.45) is 1.53. The third kappa shape index (κ3) is 1.99. The minimum absolute atomic E-state index is 0.212. The van der Waals surface area contributed by atoms with Gasteiger partial charge in [0.15, 0.2) is 0 Å². The summed E-state index contributed by atoms with van der Waals surface area (Å²) in [7, 11) is 0. The van der Waals surface area contributed by atoms with E-state index in [1.807, 2.05) is 26.0 Å². The van der Waals surface area contributed by atoms with Crippen molar-refractivity contribution in [2.24, 2.45) is 0 Å². The minimum Gasteiger partial charge on any atom is -0.396 e. The average Bonchev–Trinajstić information content (AvgIpc) is 2.22. The summed E-state index contributed by atoms with van der Waals surface area (Å²) in [5, 5.41) is 0.212. The first kappa shape index (κ1) is 10.9. The van der Waals surface area contributed by atoms with Gasteiger partial charge in [-0.1, -0.05) is 23.8 Å². The molecule has 2 aromatic rings. The van der Waals surface area contributed by atoms with Gasteiger partial charge in [0.05, 0.1) is 17.6 Å². The second-order valence-electron chi connectivity index (χ2n) is 3.76. The molecular weight excluding hydrogens is 222 g/mol. The van der Waals surface area contributed by atoms with E-state index in [-0.39, 0.29) is 5.28 Å². The SMILES string of the molecule is Cc1ccc(-c2nc(Cl)ncc2N)c(C)c1. The predicted molar refractivity (Wildman–Crippen MR) is 66.4 cm³/mol. The molecule has 0 amide bonds. The molecule has 0 saturated carbocycles. The van der Waals surface area contributed by atoms with Crippen LogP contribution in [0.25, 0.3) is 11.3 Å². The first-order valence-corrected chi connectivity index (χ1v) is 5.31. The highest BCUT2D eigenvalue weighted by Gasteiger charge is 2.08. The van der Waals surface area contributed by atoms with Crippen LogP contribution >= 0.6 is 11.6 Å². The van der Waals surface area contributed by atoms with Crippen molar-refractivity contribution >= 4 is 17.3 Å². The van der Waals surface area contributed by atoms with Crippen molar-refractivity contribution in [3.05, 3.63) is 40.8 Å². The summed E-state index contributed by atoms with van der Waals surface area (Å²) in [6, 6.07) is 6.11. The van der Waals surface area contributed by atoms with Crippen LogP contribution in [-0.2, 0) is 0 Å². The van der Waals surface area contributed by atoms with Gasteiger partial charge >= 0.3 is 0 Å². The highest BCUT2D eigenvalue weighted by Crippen LogP contribution is 2.27. The maximum absolute atomic E-state index is 5.84. The monoisotopic (exact) mass is 233 g/mol. The van der Waals surface area contributed by atoms with E-state index < -0.39 is 0 Å². The Balaban J connectivity index is 2.62.